The first kappa shape index (κ1) is 15.5. The van der Waals surface area contributed by atoms with Gasteiger partial charge in [0, 0.05) is 25.2 Å². The molecule has 1 aromatic rings. The van der Waals surface area contributed by atoms with Gasteiger partial charge in [-0.2, -0.15) is 0 Å². The van der Waals surface area contributed by atoms with Crippen molar-refractivity contribution in [3.63, 3.8) is 0 Å². The number of halogens is 1. The van der Waals surface area contributed by atoms with Crippen LogP contribution < -0.4 is 5.32 Å². The molecule has 1 fully saturated rings. The molecule has 2 rings (SSSR count). The monoisotopic (exact) mass is 278 g/mol. The molecular formula is C17H27FN2. The molecule has 0 saturated carbocycles. The minimum Gasteiger partial charge on any atom is -0.312 e. The third-order valence-electron chi connectivity index (χ3n) is 4.31. The average Bonchev–Trinajstić information content (AvgIpc) is 2.52. The molecule has 2 unspecified atom stereocenters. The van der Waals surface area contributed by atoms with Gasteiger partial charge in [-0.1, -0.05) is 32.9 Å². The standard InChI is InChI=1S/C17H27FN2/c1-13-8-9-19-16(17(2,3)4)12-20(13)11-14-6-5-7-15(18)10-14/h5-7,10,13,16,19H,8-9,11-12H2,1-4H3. The van der Waals surface area contributed by atoms with Gasteiger partial charge in [0.25, 0.3) is 0 Å². The van der Waals surface area contributed by atoms with Crippen LogP contribution in [0, 0.1) is 11.2 Å². The van der Waals surface area contributed by atoms with Crippen molar-refractivity contribution < 1.29 is 4.39 Å². The van der Waals surface area contributed by atoms with Gasteiger partial charge in [-0.05, 0) is 43.0 Å². The quantitative estimate of drug-likeness (QED) is 0.891. The average molecular weight is 278 g/mol. The molecule has 0 aromatic heterocycles. The van der Waals surface area contributed by atoms with Crippen LogP contribution in [0.2, 0.25) is 0 Å². The van der Waals surface area contributed by atoms with Gasteiger partial charge in [-0.15, -0.1) is 0 Å². The van der Waals surface area contributed by atoms with Gasteiger partial charge in [0.2, 0.25) is 0 Å². The molecule has 0 radical (unpaired) electrons. The Bertz CT molecular complexity index is 439. The van der Waals surface area contributed by atoms with Crippen molar-refractivity contribution in [2.75, 3.05) is 13.1 Å². The fourth-order valence-electron chi connectivity index (χ4n) is 2.80. The molecule has 0 bridgehead atoms. The lowest BCUT2D eigenvalue weighted by Gasteiger charge is -2.35. The Kier molecular flexibility index (Phi) is 4.82. The molecule has 1 aromatic carbocycles. The van der Waals surface area contributed by atoms with Crippen molar-refractivity contribution in [2.45, 2.75) is 52.7 Å². The van der Waals surface area contributed by atoms with E-state index in [2.05, 4.69) is 37.9 Å². The van der Waals surface area contributed by atoms with Crippen molar-refractivity contribution in [1.82, 2.24) is 10.2 Å². The molecule has 2 atom stereocenters. The van der Waals surface area contributed by atoms with Crippen LogP contribution in [-0.2, 0) is 6.54 Å². The highest BCUT2D eigenvalue weighted by Gasteiger charge is 2.30. The predicted octanol–water partition coefficient (Wildman–Crippen LogP) is 3.42. The molecule has 3 heteroatoms. The van der Waals surface area contributed by atoms with Crippen molar-refractivity contribution in [3.8, 4) is 0 Å². The van der Waals surface area contributed by atoms with E-state index < -0.39 is 0 Å². The molecule has 1 heterocycles. The first-order valence-corrected chi connectivity index (χ1v) is 7.58. The fourth-order valence-corrected chi connectivity index (χ4v) is 2.80. The normalized spacial score (nSPS) is 25.4. The van der Waals surface area contributed by atoms with Crippen LogP contribution in [0.4, 0.5) is 4.39 Å². The zero-order valence-electron chi connectivity index (χ0n) is 13.1. The molecule has 1 N–H and O–H groups in total. The van der Waals surface area contributed by atoms with Crippen LogP contribution in [0.1, 0.15) is 39.7 Å². The molecule has 20 heavy (non-hydrogen) atoms. The predicted molar refractivity (Wildman–Crippen MR) is 82.1 cm³/mol. The van der Waals surface area contributed by atoms with Crippen LogP contribution >= 0.6 is 0 Å². The summed E-state index contributed by atoms with van der Waals surface area (Å²) in [6.45, 7) is 12.0. The summed E-state index contributed by atoms with van der Waals surface area (Å²) in [5, 5.41) is 3.66. The van der Waals surface area contributed by atoms with E-state index in [-0.39, 0.29) is 11.2 Å². The Morgan fingerprint density at radius 1 is 1.35 bits per heavy atom. The number of nitrogens with one attached hydrogen (secondary N) is 1. The van der Waals surface area contributed by atoms with Gasteiger partial charge >= 0.3 is 0 Å². The highest BCUT2D eigenvalue weighted by Crippen LogP contribution is 2.24. The third kappa shape index (κ3) is 4.03. The van der Waals surface area contributed by atoms with Crippen molar-refractivity contribution >= 4 is 0 Å². The first-order chi connectivity index (χ1) is 9.36. The maximum Gasteiger partial charge on any atom is 0.123 e. The molecule has 1 aliphatic rings. The molecule has 112 valence electrons. The summed E-state index contributed by atoms with van der Waals surface area (Å²) >= 11 is 0. The van der Waals surface area contributed by atoms with Crippen LogP contribution in [0.25, 0.3) is 0 Å². The number of hydrogen-bond acceptors (Lipinski definition) is 2. The van der Waals surface area contributed by atoms with E-state index in [0.717, 1.165) is 31.6 Å². The van der Waals surface area contributed by atoms with E-state index >= 15 is 0 Å². The lowest BCUT2D eigenvalue weighted by Crippen LogP contribution is -2.47. The third-order valence-corrected chi connectivity index (χ3v) is 4.31. The zero-order valence-corrected chi connectivity index (χ0v) is 13.1. The Morgan fingerprint density at radius 2 is 2.10 bits per heavy atom. The van der Waals surface area contributed by atoms with Crippen LogP contribution in [-0.4, -0.2) is 30.1 Å². The van der Waals surface area contributed by atoms with E-state index in [1.807, 2.05) is 6.07 Å². The van der Waals surface area contributed by atoms with Crippen LogP contribution in [0.15, 0.2) is 24.3 Å². The zero-order chi connectivity index (χ0) is 14.8. The van der Waals surface area contributed by atoms with Crippen LogP contribution in [0.3, 0.4) is 0 Å². The summed E-state index contributed by atoms with van der Waals surface area (Å²) in [6, 6.07) is 7.97. The van der Waals surface area contributed by atoms with Crippen molar-refractivity contribution in [1.29, 1.82) is 0 Å². The number of benzene rings is 1. The Morgan fingerprint density at radius 3 is 2.75 bits per heavy atom. The lowest BCUT2D eigenvalue weighted by atomic mass is 9.86. The maximum atomic E-state index is 13.3. The Labute approximate surface area is 122 Å². The van der Waals surface area contributed by atoms with Crippen molar-refractivity contribution in [2.24, 2.45) is 5.41 Å². The maximum absolute atomic E-state index is 13.3. The summed E-state index contributed by atoms with van der Waals surface area (Å²) in [4.78, 5) is 2.48. The van der Waals surface area contributed by atoms with E-state index in [1.54, 1.807) is 12.1 Å². The minimum absolute atomic E-state index is 0.143. The SMILES string of the molecule is CC1CCNC(C(C)(C)C)CN1Cc1cccc(F)c1. The molecule has 0 spiro atoms. The second-order valence-electron chi connectivity index (χ2n) is 7.07. The summed E-state index contributed by atoms with van der Waals surface area (Å²) in [7, 11) is 0. The molecule has 2 nitrogen and oxygen atoms in total. The Balaban J connectivity index is 2.11. The highest BCUT2D eigenvalue weighted by atomic mass is 19.1. The largest absolute Gasteiger partial charge is 0.312 e. The summed E-state index contributed by atoms with van der Waals surface area (Å²) in [6.07, 6.45) is 1.14. The van der Waals surface area contributed by atoms with E-state index in [9.17, 15) is 4.39 Å². The second kappa shape index (κ2) is 6.23. The topological polar surface area (TPSA) is 15.3 Å². The van der Waals surface area contributed by atoms with Crippen LogP contribution in [0.5, 0.6) is 0 Å². The first-order valence-electron chi connectivity index (χ1n) is 7.58. The van der Waals surface area contributed by atoms with Gasteiger partial charge in [0.1, 0.15) is 5.82 Å². The van der Waals surface area contributed by atoms with Gasteiger partial charge in [-0.3, -0.25) is 4.90 Å². The Hall–Kier alpha value is -0.930. The molecule has 0 aliphatic carbocycles. The second-order valence-corrected chi connectivity index (χ2v) is 7.07. The molecular weight excluding hydrogens is 251 g/mol. The van der Waals surface area contributed by atoms with E-state index in [4.69, 9.17) is 0 Å². The van der Waals surface area contributed by atoms with E-state index in [1.165, 1.54) is 6.07 Å². The lowest BCUT2D eigenvalue weighted by molar-refractivity contribution is 0.157. The number of nitrogens with zero attached hydrogens (tertiary/aromatic N) is 1. The van der Waals surface area contributed by atoms with Crippen molar-refractivity contribution in [3.05, 3.63) is 35.6 Å². The van der Waals surface area contributed by atoms with Gasteiger partial charge in [0.05, 0.1) is 0 Å². The van der Waals surface area contributed by atoms with Gasteiger partial charge in [-0.25, -0.2) is 4.39 Å². The molecule has 1 aliphatic heterocycles. The number of rotatable bonds is 2. The molecule has 1 saturated heterocycles. The smallest absolute Gasteiger partial charge is 0.123 e. The van der Waals surface area contributed by atoms with Gasteiger partial charge in [0.15, 0.2) is 0 Å². The summed E-state index contributed by atoms with van der Waals surface area (Å²) < 4.78 is 13.3. The number of hydrogen-bond donors (Lipinski definition) is 1. The van der Waals surface area contributed by atoms with Gasteiger partial charge < -0.3 is 5.32 Å². The summed E-state index contributed by atoms with van der Waals surface area (Å²) in [5.74, 6) is -0.143. The minimum atomic E-state index is -0.143. The summed E-state index contributed by atoms with van der Waals surface area (Å²) in [5.41, 5.74) is 1.30. The van der Waals surface area contributed by atoms with E-state index in [0.29, 0.717) is 12.1 Å². The highest BCUT2D eigenvalue weighted by molar-refractivity contribution is 5.16. The molecule has 0 amide bonds. The fraction of sp³-hybridized carbons (Fsp3) is 0.647.